The Morgan fingerprint density at radius 1 is 0.500 bits per heavy atom. The van der Waals surface area contributed by atoms with Gasteiger partial charge in [-0.25, -0.2) is 22.0 Å². The predicted octanol–water partition coefficient (Wildman–Crippen LogP) is 7.55. The normalized spacial score (nSPS) is 11.1. The van der Waals surface area contributed by atoms with Crippen LogP contribution in [0.4, 0.5) is 39.0 Å². The van der Waals surface area contributed by atoms with Crippen molar-refractivity contribution in [1.29, 1.82) is 0 Å². The lowest BCUT2D eigenvalue weighted by molar-refractivity contribution is 0.379. The van der Waals surface area contributed by atoms with E-state index in [0.29, 0.717) is 21.9 Å². The predicted molar refractivity (Wildman–Crippen MR) is 124 cm³/mol. The molecule has 5 rings (SSSR count). The molecule has 8 heteroatoms. The summed E-state index contributed by atoms with van der Waals surface area (Å²) in [4.78, 5) is 0. The van der Waals surface area contributed by atoms with E-state index >= 15 is 0 Å². The molecule has 0 saturated carbocycles. The SMILES string of the molecule is Fc1c(F)c(F)c(N(Nc2ccc3ccccc3c2)Nc2cccc3ccccc23)c(F)c1F. The lowest BCUT2D eigenvalue weighted by Gasteiger charge is -2.29. The van der Waals surface area contributed by atoms with Crippen LogP contribution in [0.15, 0.2) is 84.9 Å². The van der Waals surface area contributed by atoms with Gasteiger partial charge in [-0.1, -0.05) is 66.7 Å². The Hall–Kier alpha value is -4.33. The van der Waals surface area contributed by atoms with E-state index in [1.165, 1.54) is 0 Å². The molecular formula is C26H16F5N3. The monoisotopic (exact) mass is 465 g/mol. The highest BCUT2D eigenvalue weighted by Gasteiger charge is 2.30. The first-order chi connectivity index (χ1) is 16.4. The molecule has 0 fully saturated rings. The number of rotatable bonds is 5. The number of nitrogens with zero attached hydrogens (tertiary/aromatic N) is 1. The van der Waals surface area contributed by atoms with Gasteiger partial charge >= 0.3 is 0 Å². The number of anilines is 3. The molecule has 5 aromatic rings. The molecule has 2 N–H and O–H groups in total. The van der Waals surface area contributed by atoms with Crippen LogP contribution in [-0.4, -0.2) is 0 Å². The molecule has 170 valence electrons. The van der Waals surface area contributed by atoms with Gasteiger partial charge in [-0.3, -0.25) is 10.9 Å². The minimum absolute atomic E-state index is 0.357. The number of hydrogen-bond acceptors (Lipinski definition) is 3. The van der Waals surface area contributed by atoms with Crippen molar-refractivity contribution < 1.29 is 22.0 Å². The van der Waals surface area contributed by atoms with E-state index in [1.54, 1.807) is 42.5 Å². The van der Waals surface area contributed by atoms with Crippen LogP contribution < -0.4 is 16.0 Å². The van der Waals surface area contributed by atoms with E-state index in [4.69, 9.17) is 0 Å². The Kier molecular flexibility index (Phi) is 5.41. The Bertz CT molecular complexity index is 1500. The average molecular weight is 465 g/mol. The number of nitrogens with one attached hydrogen (secondary N) is 2. The zero-order valence-electron chi connectivity index (χ0n) is 17.4. The maximum Gasteiger partial charge on any atom is 0.200 e. The Morgan fingerprint density at radius 2 is 1.09 bits per heavy atom. The molecule has 0 bridgehead atoms. The molecule has 0 saturated heterocycles. The van der Waals surface area contributed by atoms with Gasteiger partial charge in [0.1, 0.15) is 0 Å². The fourth-order valence-corrected chi connectivity index (χ4v) is 3.76. The smallest absolute Gasteiger partial charge is 0.200 e. The summed E-state index contributed by atoms with van der Waals surface area (Å²) in [6.45, 7) is 0. The second-order valence-corrected chi connectivity index (χ2v) is 7.57. The van der Waals surface area contributed by atoms with Crippen molar-refractivity contribution >= 4 is 38.6 Å². The van der Waals surface area contributed by atoms with Gasteiger partial charge in [0.25, 0.3) is 0 Å². The van der Waals surface area contributed by atoms with Crippen molar-refractivity contribution in [2.45, 2.75) is 0 Å². The third-order valence-electron chi connectivity index (χ3n) is 5.42. The highest BCUT2D eigenvalue weighted by atomic mass is 19.2. The fourth-order valence-electron chi connectivity index (χ4n) is 3.76. The van der Waals surface area contributed by atoms with Crippen molar-refractivity contribution in [2.75, 3.05) is 16.0 Å². The summed E-state index contributed by atoms with van der Waals surface area (Å²) < 4.78 is 71.4. The molecule has 0 aliphatic rings. The van der Waals surface area contributed by atoms with Crippen LogP contribution in [0.3, 0.4) is 0 Å². The minimum Gasteiger partial charge on any atom is -0.279 e. The number of hydrogen-bond donors (Lipinski definition) is 2. The zero-order valence-corrected chi connectivity index (χ0v) is 17.4. The van der Waals surface area contributed by atoms with Gasteiger partial charge in [-0.15, -0.1) is 0 Å². The van der Waals surface area contributed by atoms with E-state index < -0.39 is 34.8 Å². The summed E-state index contributed by atoms with van der Waals surface area (Å²) in [6, 6.07) is 24.9. The van der Waals surface area contributed by atoms with Gasteiger partial charge in [0, 0.05) is 5.39 Å². The van der Waals surface area contributed by atoms with E-state index in [-0.39, 0.29) is 0 Å². The van der Waals surface area contributed by atoms with Crippen molar-refractivity contribution in [3.8, 4) is 0 Å². The zero-order chi connectivity index (χ0) is 23.8. The topological polar surface area (TPSA) is 27.3 Å². The third-order valence-corrected chi connectivity index (χ3v) is 5.42. The van der Waals surface area contributed by atoms with Gasteiger partial charge in [0.05, 0.1) is 11.4 Å². The van der Waals surface area contributed by atoms with Gasteiger partial charge in [-0.05, 0) is 34.4 Å². The number of fused-ring (bicyclic) bond motifs is 2. The first-order valence-corrected chi connectivity index (χ1v) is 10.3. The van der Waals surface area contributed by atoms with Crippen LogP contribution in [0, 0.1) is 29.1 Å². The number of benzene rings is 5. The summed E-state index contributed by atoms with van der Waals surface area (Å²) in [6.07, 6.45) is 0. The standard InChI is InChI=1S/C26H16F5N3/c27-21-22(28)24(30)26(25(31)23(21)29)34(32-18-13-12-15-6-1-2-8-17(15)14-18)33-20-11-5-9-16-7-3-4-10-19(16)20/h1-14,32-33H. The summed E-state index contributed by atoms with van der Waals surface area (Å²) >= 11 is 0. The highest BCUT2D eigenvalue weighted by Crippen LogP contribution is 2.33. The maximum atomic E-state index is 14.8. The first kappa shape index (κ1) is 21.5. The van der Waals surface area contributed by atoms with Crippen LogP contribution in [0.5, 0.6) is 0 Å². The molecular weight excluding hydrogens is 449 g/mol. The van der Waals surface area contributed by atoms with Crippen molar-refractivity contribution in [2.24, 2.45) is 0 Å². The number of hydrazine groups is 2. The van der Waals surface area contributed by atoms with Crippen molar-refractivity contribution in [1.82, 2.24) is 0 Å². The quantitative estimate of drug-likeness (QED) is 0.121. The van der Waals surface area contributed by atoms with E-state index in [2.05, 4.69) is 10.9 Å². The van der Waals surface area contributed by atoms with Crippen molar-refractivity contribution in [3.63, 3.8) is 0 Å². The van der Waals surface area contributed by atoms with E-state index in [0.717, 1.165) is 16.2 Å². The lowest BCUT2D eigenvalue weighted by Crippen LogP contribution is -2.38. The highest BCUT2D eigenvalue weighted by molar-refractivity contribution is 5.94. The average Bonchev–Trinajstić information content (AvgIpc) is 2.86. The Balaban J connectivity index is 1.65. The van der Waals surface area contributed by atoms with Gasteiger partial charge < -0.3 is 0 Å². The Morgan fingerprint density at radius 3 is 1.82 bits per heavy atom. The molecule has 0 spiro atoms. The fraction of sp³-hybridized carbons (Fsp3) is 0. The number of halogens is 5. The molecule has 0 radical (unpaired) electrons. The molecule has 0 aliphatic heterocycles. The lowest BCUT2D eigenvalue weighted by atomic mass is 10.1. The molecule has 5 aromatic carbocycles. The molecule has 0 amide bonds. The maximum absolute atomic E-state index is 14.8. The second-order valence-electron chi connectivity index (χ2n) is 7.57. The van der Waals surface area contributed by atoms with Gasteiger partial charge in [0.15, 0.2) is 29.0 Å². The summed E-state index contributed by atoms with van der Waals surface area (Å²) in [5.74, 6) is -10.3. The first-order valence-electron chi connectivity index (χ1n) is 10.3. The third kappa shape index (κ3) is 3.73. The molecule has 3 nitrogen and oxygen atoms in total. The van der Waals surface area contributed by atoms with Crippen LogP contribution in [0.25, 0.3) is 21.5 Å². The molecule has 0 aromatic heterocycles. The van der Waals surface area contributed by atoms with Crippen LogP contribution in [0.1, 0.15) is 0 Å². The molecule has 0 atom stereocenters. The van der Waals surface area contributed by atoms with E-state index in [9.17, 15) is 22.0 Å². The molecule has 34 heavy (non-hydrogen) atoms. The van der Waals surface area contributed by atoms with Gasteiger partial charge in [0.2, 0.25) is 5.82 Å². The van der Waals surface area contributed by atoms with E-state index in [1.807, 2.05) is 42.5 Å². The molecule has 0 unspecified atom stereocenters. The largest absolute Gasteiger partial charge is 0.279 e. The van der Waals surface area contributed by atoms with Crippen LogP contribution in [-0.2, 0) is 0 Å². The summed E-state index contributed by atoms with van der Waals surface area (Å²) in [7, 11) is 0. The van der Waals surface area contributed by atoms with Crippen LogP contribution >= 0.6 is 0 Å². The second kappa shape index (κ2) is 8.55. The van der Waals surface area contributed by atoms with Crippen molar-refractivity contribution in [3.05, 3.63) is 114 Å². The van der Waals surface area contributed by atoms with Crippen LogP contribution in [0.2, 0.25) is 0 Å². The molecule has 0 heterocycles. The van der Waals surface area contributed by atoms with Gasteiger partial charge in [-0.2, -0.15) is 5.12 Å². The molecule has 0 aliphatic carbocycles. The summed E-state index contributed by atoms with van der Waals surface area (Å²) in [5, 5.41) is 3.92. The Labute approximate surface area is 191 Å². The minimum atomic E-state index is -2.23. The summed E-state index contributed by atoms with van der Waals surface area (Å²) in [5.41, 5.74) is 5.09.